The normalized spacial score (nSPS) is 12.8. The highest BCUT2D eigenvalue weighted by molar-refractivity contribution is 9.09. The van der Waals surface area contributed by atoms with E-state index < -0.39 is 16.5 Å². The number of aromatic amines is 2. The third kappa shape index (κ3) is 2.16. The molecule has 3 nitrogen and oxygen atoms in total. The Morgan fingerprint density at radius 3 is 2.60 bits per heavy atom. The molecule has 0 spiro atoms. The standard InChI is InChI=1S/C14H9BrF2N2O/c15-12(8-2-1-3-9(16)13(8)17)7-4-5-10-11(6-7)19-14(20)18-10/h1-6,12H,(H2,18,19,20). The van der Waals surface area contributed by atoms with E-state index in [9.17, 15) is 13.6 Å². The molecule has 0 bridgehead atoms. The Hall–Kier alpha value is -1.95. The predicted molar refractivity (Wildman–Crippen MR) is 76.0 cm³/mol. The zero-order chi connectivity index (χ0) is 14.3. The van der Waals surface area contributed by atoms with Gasteiger partial charge in [0.25, 0.3) is 0 Å². The average molecular weight is 339 g/mol. The van der Waals surface area contributed by atoms with Crippen LogP contribution in [0.5, 0.6) is 0 Å². The molecule has 1 unspecified atom stereocenters. The van der Waals surface area contributed by atoms with E-state index in [4.69, 9.17) is 0 Å². The van der Waals surface area contributed by atoms with Crippen LogP contribution in [0.3, 0.4) is 0 Å². The van der Waals surface area contributed by atoms with Crippen LogP contribution in [0.25, 0.3) is 11.0 Å². The first-order chi connectivity index (χ1) is 9.56. The van der Waals surface area contributed by atoms with Gasteiger partial charge in [-0.05, 0) is 23.8 Å². The van der Waals surface area contributed by atoms with Crippen LogP contribution < -0.4 is 5.69 Å². The number of H-pyrrole nitrogens is 2. The van der Waals surface area contributed by atoms with Crippen LogP contribution in [0.15, 0.2) is 41.2 Å². The number of nitrogens with one attached hydrogen (secondary N) is 2. The Morgan fingerprint density at radius 1 is 1.05 bits per heavy atom. The van der Waals surface area contributed by atoms with E-state index in [2.05, 4.69) is 25.9 Å². The zero-order valence-electron chi connectivity index (χ0n) is 10.1. The van der Waals surface area contributed by atoms with E-state index in [0.29, 0.717) is 11.0 Å². The van der Waals surface area contributed by atoms with E-state index in [-0.39, 0.29) is 11.3 Å². The maximum Gasteiger partial charge on any atom is 0.323 e. The SMILES string of the molecule is O=c1[nH]c2ccc(C(Br)c3cccc(F)c3F)cc2[nH]1. The van der Waals surface area contributed by atoms with Gasteiger partial charge in [-0.1, -0.05) is 34.1 Å². The van der Waals surface area contributed by atoms with E-state index >= 15 is 0 Å². The van der Waals surface area contributed by atoms with Crippen molar-refractivity contribution in [2.24, 2.45) is 0 Å². The van der Waals surface area contributed by atoms with Crippen molar-refractivity contribution in [3.05, 3.63) is 69.6 Å². The number of hydrogen-bond donors (Lipinski definition) is 2. The topological polar surface area (TPSA) is 48.6 Å². The third-order valence-corrected chi connectivity index (χ3v) is 4.11. The van der Waals surface area contributed by atoms with E-state index in [1.807, 2.05) is 0 Å². The first-order valence-electron chi connectivity index (χ1n) is 5.86. The molecule has 102 valence electrons. The lowest BCUT2D eigenvalue weighted by Gasteiger charge is -2.12. The van der Waals surface area contributed by atoms with Gasteiger partial charge < -0.3 is 9.97 Å². The molecule has 2 aromatic carbocycles. The third-order valence-electron chi connectivity index (χ3n) is 3.09. The molecule has 20 heavy (non-hydrogen) atoms. The molecule has 0 fully saturated rings. The summed E-state index contributed by atoms with van der Waals surface area (Å²) in [6.45, 7) is 0. The molecule has 0 radical (unpaired) electrons. The summed E-state index contributed by atoms with van der Waals surface area (Å²) in [5.74, 6) is -1.76. The van der Waals surface area contributed by atoms with Crippen LogP contribution in [0.4, 0.5) is 8.78 Å². The smallest absolute Gasteiger partial charge is 0.306 e. The highest BCUT2D eigenvalue weighted by Crippen LogP contribution is 2.33. The fourth-order valence-electron chi connectivity index (χ4n) is 2.10. The van der Waals surface area contributed by atoms with Crippen molar-refractivity contribution < 1.29 is 8.78 Å². The lowest BCUT2D eigenvalue weighted by Crippen LogP contribution is -1.99. The summed E-state index contributed by atoms with van der Waals surface area (Å²) in [5.41, 5.74) is 1.91. The molecule has 0 saturated carbocycles. The molecule has 3 rings (SSSR count). The average Bonchev–Trinajstić information content (AvgIpc) is 2.80. The first-order valence-corrected chi connectivity index (χ1v) is 6.78. The van der Waals surface area contributed by atoms with E-state index in [1.54, 1.807) is 18.2 Å². The molecule has 0 aliphatic rings. The van der Waals surface area contributed by atoms with Gasteiger partial charge in [0.1, 0.15) is 0 Å². The molecule has 1 aromatic heterocycles. The molecule has 0 aliphatic heterocycles. The number of fused-ring (bicyclic) bond motifs is 1. The number of rotatable bonds is 2. The van der Waals surface area contributed by atoms with E-state index in [1.165, 1.54) is 12.1 Å². The minimum atomic E-state index is -0.886. The van der Waals surface area contributed by atoms with Crippen molar-refractivity contribution >= 4 is 27.0 Å². The van der Waals surface area contributed by atoms with Gasteiger partial charge >= 0.3 is 5.69 Å². The van der Waals surface area contributed by atoms with Crippen LogP contribution in [-0.4, -0.2) is 9.97 Å². The number of aromatic nitrogens is 2. The number of alkyl halides is 1. The molecule has 0 aliphatic carbocycles. The maximum atomic E-state index is 13.8. The van der Waals surface area contributed by atoms with Crippen molar-refractivity contribution in [1.29, 1.82) is 0 Å². The number of imidazole rings is 1. The molecule has 3 aromatic rings. The molecule has 6 heteroatoms. The first kappa shape index (κ1) is 13.1. The van der Waals surface area contributed by atoms with Crippen LogP contribution in [0.1, 0.15) is 16.0 Å². The van der Waals surface area contributed by atoms with Crippen LogP contribution in [0, 0.1) is 11.6 Å². The largest absolute Gasteiger partial charge is 0.323 e. The minimum absolute atomic E-state index is 0.210. The minimum Gasteiger partial charge on any atom is -0.306 e. The Labute approximate surface area is 120 Å². The molecule has 1 atom stereocenters. The molecule has 0 amide bonds. The second kappa shape index (κ2) is 4.86. The number of halogens is 3. The van der Waals surface area contributed by atoms with Crippen molar-refractivity contribution in [2.75, 3.05) is 0 Å². The molecule has 1 heterocycles. The van der Waals surface area contributed by atoms with Gasteiger partial charge in [0.15, 0.2) is 11.6 Å². The van der Waals surface area contributed by atoms with E-state index in [0.717, 1.165) is 11.6 Å². The van der Waals surface area contributed by atoms with Gasteiger partial charge in [0, 0.05) is 5.56 Å². The lowest BCUT2D eigenvalue weighted by molar-refractivity contribution is 0.500. The Kier molecular flexibility index (Phi) is 3.17. The lowest BCUT2D eigenvalue weighted by atomic mass is 10.0. The van der Waals surface area contributed by atoms with Crippen molar-refractivity contribution in [1.82, 2.24) is 9.97 Å². The summed E-state index contributed by atoms with van der Waals surface area (Å²) in [6.07, 6.45) is 0. The Morgan fingerprint density at radius 2 is 1.80 bits per heavy atom. The Bertz CT molecular complexity index is 841. The van der Waals surface area contributed by atoms with Gasteiger partial charge in [-0.15, -0.1) is 0 Å². The summed E-state index contributed by atoms with van der Waals surface area (Å²) in [5, 5.41) is 0. The van der Waals surface area contributed by atoms with Gasteiger partial charge in [0.2, 0.25) is 0 Å². The Balaban J connectivity index is 2.09. The number of benzene rings is 2. The zero-order valence-corrected chi connectivity index (χ0v) is 11.7. The quantitative estimate of drug-likeness (QED) is 0.689. The summed E-state index contributed by atoms with van der Waals surface area (Å²) >= 11 is 3.36. The van der Waals surface area contributed by atoms with Gasteiger partial charge in [-0.2, -0.15) is 0 Å². The van der Waals surface area contributed by atoms with Crippen LogP contribution >= 0.6 is 15.9 Å². The van der Waals surface area contributed by atoms with Crippen molar-refractivity contribution in [3.63, 3.8) is 0 Å². The highest BCUT2D eigenvalue weighted by Gasteiger charge is 2.17. The summed E-state index contributed by atoms with van der Waals surface area (Å²) < 4.78 is 27.1. The molecular formula is C14H9BrF2N2O. The van der Waals surface area contributed by atoms with Crippen molar-refractivity contribution in [2.45, 2.75) is 4.83 Å². The van der Waals surface area contributed by atoms with Crippen LogP contribution in [0.2, 0.25) is 0 Å². The second-order valence-electron chi connectivity index (χ2n) is 4.39. The van der Waals surface area contributed by atoms with Crippen LogP contribution in [-0.2, 0) is 0 Å². The second-order valence-corrected chi connectivity index (χ2v) is 5.31. The van der Waals surface area contributed by atoms with Crippen molar-refractivity contribution in [3.8, 4) is 0 Å². The highest BCUT2D eigenvalue weighted by atomic mass is 79.9. The monoisotopic (exact) mass is 338 g/mol. The fourth-order valence-corrected chi connectivity index (χ4v) is 2.74. The summed E-state index contributed by atoms with van der Waals surface area (Å²) in [6, 6.07) is 9.23. The van der Waals surface area contributed by atoms with Gasteiger partial charge in [0.05, 0.1) is 15.9 Å². The molecule has 2 N–H and O–H groups in total. The molecular weight excluding hydrogens is 330 g/mol. The molecule has 0 saturated heterocycles. The maximum absolute atomic E-state index is 13.8. The summed E-state index contributed by atoms with van der Waals surface area (Å²) in [7, 11) is 0. The van der Waals surface area contributed by atoms with Gasteiger partial charge in [-0.3, -0.25) is 0 Å². The predicted octanol–water partition coefficient (Wildman–Crippen LogP) is 3.62. The van der Waals surface area contributed by atoms with Gasteiger partial charge in [-0.25, -0.2) is 13.6 Å². The number of hydrogen-bond acceptors (Lipinski definition) is 1. The fraction of sp³-hybridized carbons (Fsp3) is 0.0714. The summed E-state index contributed by atoms with van der Waals surface area (Å²) in [4.78, 5) is 16.0.